The standard InChI is InChI=1S/C18H15F3N4O2/c1-2-15(25-17(27)13-5-3-4-6-14(13)23-24-25)16(26)22-12-9-7-11(8-10-12)18(19,20)21/h3-10,15H,2H2,1H3,(H,22,26)/t15-/m0/s1. The van der Waals surface area contributed by atoms with Gasteiger partial charge in [0.05, 0.1) is 10.9 Å². The normalized spacial score (nSPS) is 12.7. The Kier molecular flexibility index (Phi) is 4.93. The van der Waals surface area contributed by atoms with Crippen LogP contribution < -0.4 is 10.9 Å². The molecule has 2 aromatic carbocycles. The second-order valence-electron chi connectivity index (χ2n) is 5.84. The van der Waals surface area contributed by atoms with E-state index in [0.717, 1.165) is 28.9 Å². The number of hydrogen-bond acceptors (Lipinski definition) is 4. The molecule has 6 nitrogen and oxygen atoms in total. The molecule has 1 atom stereocenters. The van der Waals surface area contributed by atoms with Gasteiger partial charge in [-0.3, -0.25) is 9.59 Å². The number of halogens is 3. The number of nitrogens with one attached hydrogen (secondary N) is 1. The molecule has 0 aliphatic carbocycles. The molecule has 1 heterocycles. The molecule has 0 aliphatic rings. The topological polar surface area (TPSA) is 76.9 Å². The first kappa shape index (κ1) is 18.6. The molecule has 0 unspecified atom stereocenters. The Morgan fingerprint density at radius 2 is 1.81 bits per heavy atom. The number of carbonyl (C=O) groups is 1. The summed E-state index contributed by atoms with van der Waals surface area (Å²) in [4.78, 5) is 25.1. The number of aromatic nitrogens is 3. The molecule has 0 aliphatic heterocycles. The van der Waals surface area contributed by atoms with Crippen molar-refractivity contribution in [3.05, 3.63) is 64.4 Å². The summed E-state index contributed by atoms with van der Waals surface area (Å²) in [7, 11) is 0. The number of anilines is 1. The van der Waals surface area contributed by atoms with Crippen LogP contribution >= 0.6 is 0 Å². The molecular weight excluding hydrogens is 361 g/mol. The van der Waals surface area contributed by atoms with Gasteiger partial charge in [0.25, 0.3) is 5.56 Å². The van der Waals surface area contributed by atoms with Crippen LogP contribution in [0.3, 0.4) is 0 Å². The summed E-state index contributed by atoms with van der Waals surface area (Å²) in [5, 5.41) is 10.6. The monoisotopic (exact) mass is 376 g/mol. The fraction of sp³-hybridized carbons (Fsp3) is 0.222. The second kappa shape index (κ2) is 7.18. The fourth-order valence-electron chi connectivity index (χ4n) is 2.64. The summed E-state index contributed by atoms with van der Waals surface area (Å²) >= 11 is 0. The molecule has 3 aromatic rings. The largest absolute Gasteiger partial charge is 0.416 e. The zero-order valence-electron chi connectivity index (χ0n) is 14.2. The van der Waals surface area contributed by atoms with Crippen molar-refractivity contribution in [3.63, 3.8) is 0 Å². The van der Waals surface area contributed by atoms with Crippen LogP contribution in [0.15, 0.2) is 53.3 Å². The molecule has 1 amide bonds. The minimum absolute atomic E-state index is 0.188. The van der Waals surface area contributed by atoms with Gasteiger partial charge in [-0.05, 0) is 42.8 Å². The zero-order chi connectivity index (χ0) is 19.6. The fourth-order valence-corrected chi connectivity index (χ4v) is 2.64. The van der Waals surface area contributed by atoms with Crippen LogP contribution in [-0.2, 0) is 11.0 Å². The van der Waals surface area contributed by atoms with Crippen molar-refractivity contribution in [3.8, 4) is 0 Å². The van der Waals surface area contributed by atoms with Crippen LogP contribution in [0.2, 0.25) is 0 Å². The van der Waals surface area contributed by atoms with Crippen molar-refractivity contribution in [1.82, 2.24) is 15.0 Å². The maximum atomic E-state index is 12.6. The van der Waals surface area contributed by atoms with Gasteiger partial charge in [0, 0.05) is 5.69 Å². The first-order chi connectivity index (χ1) is 12.8. The molecule has 1 N–H and O–H groups in total. The van der Waals surface area contributed by atoms with Crippen molar-refractivity contribution in [2.24, 2.45) is 0 Å². The molecule has 0 saturated heterocycles. The van der Waals surface area contributed by atoms with Crippen LogP contribution in [0, 0.1) is 0 Å². The third-order valence-corrected chi connectivity index (χ3v) is 4.06. The molecule has 0 radical (unpaired) electrons. The Labute approximate surface area is 151 Å². The molecule has 140 valence electrons. The number of amides is 1. The summed E-state index contributed by atoms with van der Waals surface area (Å²) in [5.41, 5.74) is -0.677. The highest BCUT2D eigenvalue weighted by Gasteiger charge is 2.30. The quantitative estimate of drug-likeness (QED) is 0.757. The van der Waals surface area contributed by atoms with Gasteiger partial charge in [0.2, 0.25) is 5.91 Å². The number of alkyl halides is 3. The summed E-state index contributed by atoms with van der Waals surface area (Å²) in [6.07, 6.45) is -4.21. The third kappa shape index (κ3) is 3.81. The van der Waals surface area contributed by atoms with Crippen LogP contribution in [0.1, 0.15) is 24.9 Å². The number of fused-ring (bicyclic) bond motifs is 1. The van der Waals surface area contributed by atoms with Gasteiger partial charge in [0.15, 0.2) is 0 Å². The molecule has 1 aromatic heterocycles. The van der Waals surface area contributed by atoms with Crippen molar-refractivity contribution in [1.29, 1.82) is 0 Å². The number of carbonyl (C=O) groups excluding carboxylic acids is 1. The maximum Gasteiger partial charge on any atom is 0.416 e. The predicted octanol–water partition coefficient (Wildman–Crippen LogP) is 3.40. The van der Waals surface area contributed by atoms with E-state index in [4.69, 9.17) is 0 Å². The first-order valence-corrected chi connectivity index (χ1v) is 8.13. The van der Waals surface area contributed by atoms with Gasteiger partial charge in [-0.25, -0.2) is 0 Å². The van der Waals surface area contributed by atoms with Gasteiger partial charge < -0.3 is 5.32 Å². The molecule has 3 rings (SSSR count). The van der Waals surface area contributed by atoms with E-state index in [1.54, 1.807) is 31.2 Å². The summed E-state index contributed by atoms with van der Waals surface area (Å²) in [5.74, 6) is -0.566. The summed E-state index contributed by atoms with van der Waals surface area (Å²) in [6.45, 7) is 1.69. The Morgan fingerprint density at radius 1 is 1.15 bits per heavy atom. The number of rotatable bonds is 4. The lowest BCUT2D eigenvalue weighted by atomic mass is 10.1. The minimum atomic E-state index is -4.46. The number of nitrogens with zero attached hydrogens (tertiary/aromatic N) is 3. The van der Waals surface area contributed by atoms with Crippen LogP contribution in [-0.4, -0.2) is 20.9 Å². The maximum absolute atomic E-state index is 12.6. The lowest BCUT2D eigenvalue weighted by Crippen LogP contribution is -2.35. The van der Waals surface area contributed by atoms with Gasteiger partial charge in [-0.15, -0.1) is 5.10 Å². The first-order valence-electron chi connectivity index (χ1n) is 8.13. The van der Waals surface area contributed by atoms with E-state index >= 15 is 0 Å². The van der Waals surface area contributed by atoms with E-state index in [0.29, 0.717) is 10.9 Å². The van der Waals surface area contributed by atoms with E-state index < -0.39 is 29.2 Å². The van der Waals surface area contributed by atoms with Crippen LogP contribution in [0.4, 0.5) is 18.9 Å². The SMILES string of the molecule is CC[C@@H](C(=O)Nc1ccc(C(F)(F)F)cc1)n1nnc2ccccc2c1=O. The highest BCUT2D eigenvalue weighted by atomic mass is 19.4. The Balaban J connectivity index is 1.87. The average Bonchev–Trinajstić information content (AvgIpc) is 2.64. The highest BCUT2D eigenvalue weighted by Crippen LogP contribution is 2.30. The highest BCUT2D eigenvalue weighted by molar-refractivity contribution is 5.93. The number of hydrogen-bond donors (Lipinski definition) is 1. The Hall–Kier alpha value is -3.23. The molecule has 9 heteroatoms. The lowest BCUT2D eigenvalue weighted by molar-refractivity contribution is -0.137. The van der Waals surface area contributed by atoms with E-state index in [9.17, 15) is 22.8 Å². The molecule has 0 saturated carbocycles. The summed E-state index contributed by atoms with van der Waals surface area (Å²) < 4.78 is 38.8. The van der Waals surface area contributed by atoms with Crippen molar-refractivity contribution in [2.45, 2.75) is 25.6 Å². The average molecular weight is 376 g/mol. The van der Waals surface area contributed by atoms with Gasteiger partial charge in [-0.2, -0.15) is 17.9 Å². The molecule has 27 heavy (non-hydrogen) atoms. The van der Waals surface area contributed by atoms with E-state index in [1.165, 1.54) is 0 Å². The lowest BCUT2D eigenvalue weighted by Gasteiger charge is -2.16. The van der Waals surface area contributed by atoms with Crippen molar-refractivity contribution < 1.29 is 18.0 Å². The Morgan fingerprint density at radius 3 is 2.44 bits per heavy atom. The van der Waals surface area contributed by atoms with Gasteiger partial charge in [0.1, 0.15) is 11.6 Å². The number of benzene rings is 2. The molecule has 0 spiro atoms. The Bertz CT molecular complexity index is 1030. The summed E-state index contributed by atoms with van der Waals surface area (Å²) in [6, 6.07) is 9.73. The third-order valence-electron chi connectivity index (χ3n) is 4.06. The zero-order valence-corrected chi connectivity index (χ0v) is 14.2. The predicted molar refractivity (Wildman–Crippen MR) is 93.2 cm³/mol. The molecular formula is C18H15F3N4O2. The minimum Gasteiger partial charge on any atom is -0.324 e. The van der Waals surface area contributed by atoms with Crippen LogP contribution in [0.5, 0.6) is 0 Å². The van der Waals surface area contributed by atoms with Crippen molar-refractivity contribution in [2.75, 3.05) is 5.32 Å². The van der Waals surface area contributed by atoms with E-state index in [2.05, 4.69) is 15.6 Å². The van der Waals surface area contributed by atoms with Crippen LogP contribution in [0.25, 0.3) is 10.9 Å². The van der Waals surface area contributed by atoms with Crippen molar-refractivity contribution >= 4 is 22.5 Å². The molecule has 0 bridgehead atoms. The van der Waals surface area contributed by atoms with E-state index in [-0.39, 0.29) is 12.1 Å². The van der Waals surface area contributed by atoms with E-state index in [1.807, 2.05) is 0 Å². The second-order valence-corrected chi connectivity index (χ2v) is 5.84. The van der Waals surface area contributed by atoms with Gasteiger partial charge >= 0.3 is 6.18 Å². The molecule has 0 fully saturated rings. The van der Waals surface area contributed by atoms with Gasteiger partial charge in [-0.1, -0.05) is 24.3 Å². The smallest absolute Gasteiger partial charge is 0.324 e.